The van der Waals surface area contributed by atoms with Crippen molar-refractivity contribution in [3.8, 4) is 0 Å². The highest BCUT2D eigenvalue weighted by Crippen LogP contribution is 2.20. The number of hydrogen-bond acceptors (Lipinski definition) is 3. The smallest absolute Gasteiger partial charge is 0.248 e. The Kier molecular flexibility index (Phi) is 8.44. The molecular weight excluding hydrogens is 362 g/mol. The summed E-state index contributed by atoms with van der Waals surface area (Å²) in [5, 5.41) is 3.43. The molecule has 26 heavy (non-hydrogen) atoms. The van der Waals surface area contributed by atoms with Gasteiger partial charge >= 0.3 is 0 Å². The number of amides is 1. The Morgan fingerprint density at radius 1 is 1.08 bits per heavy atom. The van der Waals surface area contributed by atoms with Gasteiger partial charge in [-0.1, -0.05) is 56.3 Å². The van der Waals surface area contributed by atoms with Crippen LogP contribution in [0.1, 0.15) is 37.3 Å². The first kappa shape index (κ1) is 20.3. The summed E-state index contributed by atoms with van der Waals surface area (Å²) in [6.07, 6.45) is 1.11. The Labute approximate surface area is 165 Å². The number of rotatable bonds is 7. The van der Waals surface area contributed by atoms with Crippen LogP contribution in [0.15, 0.2) is 54.6 Å². The van der Waals surface area contributed by atoms with E-state index in [0.29, 0.717) is 16.8 Å². The molecule has 1 amide bonds. The average Bonchev–Trinajstić information content (AvgIpc) is 2.67. The quantitative estimate of drug-likeness (QED) is 0.484. The molecule has 2 rings (SSSR count). The predicted octanol–water partition coefficient (Wildman–Crippen LogP) is 4.45. The minimum Gasteiger partial charge on any atom is -0.331 e. The maximum atomic E-state index is 11.9. The zero-order valence-electron chi connectivity index (χ0n) is 15.1. The van der Waals surface area contributed by atoms with Crippen molar-refractivity contribution in [2.75, 3.05) is 11.1 Å². The van der Waals surface area contributed by atoms with E-state index in [-0.39, 0.29) is 5.91 Å². The fraction of sp³-hybridized carbons (Fsp3) is 0.300. The van der Waals surface area contributed by atoms with Gasteiger partial charge in [-0.15, -0.1) is 11.8 Å². The predicted molar refractivity (Wildman–Crippen MR) is 115 cm³/mol. The second-order valence-corrected chi connectivity index (χ2v) is 7.43. The van der Waals surface area contributed by atoms with Crippen LogP contribution in [0.25, 0.3) is 0 Å². The topological polar surface area (TPSA) is 53.2 Å². The van der Waals surface area contributed by atoms with Crippen molar-refractivity contribution in [3.05, 3.63) is 65.7 Å². The summed E-state index contributed by atoms with van der Waals surface area (Å²) in [4.78, 5) is 11.9. The lowest BCUT2D eigenvalue weighted by molar-refractivity contribution is -0.119. The van der Waals surface area contributed by atoms with Crippen LogP contribution in [-0.4, -0.2) is 16.8 Å². The number of carbonyl (C=O) groups is 1. The number of thioether (sulfide) groups is 1. The minimum absolute atomic E-state index is 0.109. The first-order chi connectivity index (χ1) is 12.6. The third-order valence-corrected chi connectivity index (χ3v) is 5.22. The van der Waals surface area contributed by atoms with Gasteiger partial charge in [0.2, 0.25) is 5.91 Å². The molecule has 0 aromatic heterocycles. The molecule has 0 spiro atoms. The number of nitrogens with one attached hydrogen (secondary N) is 3. The van der Waals surface area contributed by atoms with Crippen molar-refractivity contribution in [1.82, 2.24) is 10.9 Å². The zero-order valence-corrected chi connectivity index (χ0v) is 16.8. The van der Waals surface area contributed by atoms with Gasteiger partial charge in [0.15, 0.2) is 5.11 Å². The van der Waals surface area contributed by atoms with Crippen molar-refractivity contribution < 1.29 is 4.79 Å². The van der Waals surface area contributed by atoms with Crippen LogP contribution in [0.5, 0.6) is 0 Å². The van der Waals surface area contributed by atoms with Gasteiger partial charge in [0.25, 0.3) is 0 Å². The molecule has 0 bridgehead atoms. The van der Waals surface area contributed by atoms with Gasteiger partial charge in [-0.3, -0.25) is 15.6 Å². The molecule has 0 saturated heterocycles. The van der Waals surface area contributed by atoms with Crippen LogP contribution in [0, 0.1) is 0 Å². The minimum atomic E-state index is -0.109. The molecule has 0 heterocycles. The highest BCUT2D eigenvalue weighted by Gasteiger charge is 2.05. The third kappa shape index (κ3) is 7.06. The summed E-state index contributed by atoms with van der Waals surface area (Å²) in [5.74, 6) is 1.61. The van der Waals surface area contributed by atoms with E-state index in [0.717, 1.165) is 17.9 Å². The first-order valence-electron chi connectivity index (χ1n) is 8.66. The summed E-state index contributed by atoms with van der Waals surface area (Å²) < 4.78 is 0. The van der Waals surface area contributed by atoms with E-state index in [1.165, 1.54) is 11.1 Å². The van der Waals surface area contributed by atoms with E-state index >= 15 is 0 Å². The van der Waals surface area contributed by atoms with Gasteiger partial charge in [0.05, 0.1) is 5.75 Å². The standard InChI is InChI=1S/C20H25N3OS2/c1-3-15(2)17-9-11-18(12-10-17)21-20(25)23-22-19(24)14-26-13-16-7-5-4-6-8-16/h4-12,15H,3,13-14H2,1-2H3,(H,22,24)(H2,21,23,25)/t15-/m1/s1. The van der Waals surface area contributed by atoms with Gasteiger partial charge in [-0.25, -0.2) is 0 Å². The second kappa shape index (κ2) is 10.8. The van der Waals surface area contributed by atoms with Gasteiger partial charge < -0.3 is 5.32 Å². The summed E-state index contributed by atoms with van der Waals surface area (Å²) in [6, 6.07) is 18.3. The molecule has 4 nitrogen and oxygen atoms in total. The average molecular weight is 388 g/mol. The maximum absolute atomic E-state index is 11.9. The van der Waals surface area contributed by atoms with Crippen molar-refractivity contribution >= 4 is 40.7 Å². The first-order valence-corrected chi connectivity index (χ1v) is 10.2. The van der Waals surface area contributed by atoms with E-state index < -0.39 is 0 Å². The molecule has 0 unspecified atom stereocenters. The normalized spacial score (nSPS) is 11.5. The Morgan fingerprint density at radius 2 is 1.77 bits per heavy atom. The molecule has 2 aromatic rings. The zero-order chi connectivity index (χ0) is 18.8. The summed E-state index contributed by atoms with van der Waals surface area (Å²) in [7, 11) is 0. The monoisotopic (exact) mass is 387 g/mol. The van der Waals surface area contributed by atoms with Crippen LogP contribution in [0.2, 0.25) is 0 Å². The van der Waals surface area contributed by atoms with Crippen molar-refractivity contribution in [3.63, 3.8) is 0 Å². The van der Waals surface area contributed by atoms with Gasteiger partial charge in [0.1, 0.15) is 0 Å². The molecule has 0 saturated carbocycles. The fourth-order valence-electron chi connectivity index (χ4n) is 2.29. The van der Waals surface area contributed by atoms with E-state index in [2.05, 4.69) is 54.3 Å². The summed E-state index contributed by atoms with van der Waals surface area (Å²) >= 11 is 6.77. The van der Waals surface area contributed by atoms with E-state index in [4.69, 9.17) is 12.2 Å². The molecule has 1 atom stereocenters. The molecule has 3 N–H and O–H groups in total. The largest absolute Gasteiger partial charge is 0.331 e. The molecule has 0 aliphatic heterocycles. The number of benzene rings is 2. The second-order valence-electron chi connectivity index (χ2n) is 6.04. The Hall–Kier alpha value is -2.05. The maximum Gasteiger partial charge on any atom is 0.248 e. The SMILES string of the molecule is CC[C@@H](C)c1ccc(NC(=S)NNC(=O)CSCc2ccccc2)cc1. The number of hydrogen-bond donors (Lipinski definition) is 3. The van der Waals surface area contributed by atoms with Crippen molar-refractivity contribution in [2.45, 2.75) is 31.9 Å². The van der Waals surface area contributed by atoms with Gasteiger partial charge in [-0.05, 0) is 47.8 Å². The fourth-order valence-corrected chi connectivity index (χ4v) is 3.25. The molecule has 138 valence electrons. The van der Waals surface area contributed by atoms with Crippen molar-refractivity contribution in [1.29, 1.82) is 0 Å². The highest BCUT2D eigenvalue weighted by atomic mass is 32.2. The number of hydrazine groups is 1. The number of anilines is 1. The van der Waals surface area contributed by atoms with E-state index in [9.17, 15) is 4.79 Å². The van der Waals surface area contributed by atoms with Crippen LogP contribution in [0.4, 0.5) is 5.69 Å². The number of thiocarbonyl (C=S) groups is 1. The molecular formula is C20H25N3OS2. The van der Waals surface area contributed by atoms with Crippen LogP contribution >= 0.6 is 24.0 Å². The van der Waals surface area contributed by atoms with Crippen LogP contribution in [0.3, 0.4) is 0 Å². The van der Waals surface area contributed by atoms with Crippen LogP contribution < -0.4 is 16.2 Å². The summed E-state index contributed by atoms with van der Waals surface area (Å²) in [6.45, 7) is 4.39. The number of carbonyl (C=O) groups excluding carboxylic acids is 1. The van der Waals surface area contributed by atoms with Gasteiger partial charge in [0, 0.05) is 11.4 Å². The Morgan fingerprint density at radius 3 is 2.42 bits per heavy atom. The molecule has 0 radical (unpaired) electrons. The molecule has 2 aromatic carbocycles. The van der Waals surface area contributed by atoms with Crippen LogP contribution in [-0.2, 0) is 10.5 Å². The third-order valence-electron chi connectivity index (χ3n) is 4.01. The highest BCUT2D eigenvalue weighted by molar-refractivity contribution is 7.99. The van der Waals surface area contributed by atoms with Crippen molar-refractivity contribution in [2.24, 2.45) is 0 Å². The van der Waals surface area contributed by atoms with E-state index in [1.807, 2.05) is 30.3 Å². The molecule has 0 aliphatic carbocycles. The molecule has 6 heteroatoms. The summed E-state index contributed by atoms with van der Waals surface area (Å²) in [5.41, 5.74) is 8.75. The lowest BCUT2D eigenvalue weighted by atomic mass is 9.99. The lowest BCUT2D eigenvalue weighted by Gasteiger charge is -2.13. The van der Waals surface area contributed by atoms with E-state index in [1.54, 1.807) is 11.8 Å². The molecule has 0 fully saturated rings. The van der Waals surface area contributed by atoms with Gasteiger partial charge in [-0.2, -0.15) is 0 Å². The Balaban J connectivity index is 1.67. The Bertz CT molecular complexity index is 705. The molecule has 0 aliphatic rings. The lowest BCUT2D eigenvalue weighted by Crippen LogP contribution is -2.44.